The number of aromatic nitrogens is 4. The van der Waals surface area contributed by atoms with Gasteiger partial charge in [0.25, 0.3) is 5.56 Å². The predicted octanol–water partition coefficient (Wildman–Crippen LogP) is 3.09. The Morgan fingerprint density at radius 2 is 2.00 bits per heavy atom. The number of carbonyl (C=O) groups excluding carboxylic acids is 1. The molecule has 3 heterocycles. The van der Waals surface area contributed by atoms with Crippen molar-refractivity contribution in [2.45, 2.75) is 6.61 Å². The third-order valence-electron chi connectivity index (χ3n) is 5.17. The Labute approximate surface area is 181 Å². The number of ether oxygens (including phenoxy) is 2. The summed E-state index contributed by atoms with van der Waals surface area (Å²) in [6.45, 7) is -0.111. The number of rotatable bonds is 5. The van der Waals surface area contributed by atoms with E-state index in [0.717, 1.165) is 5.39 Å². The Balaban J connectivity index is 1.38. The molecule has 3 aromatic heterocycles. The van der Waals surface area contributed by atoms with Crippen LogP contribution < -0.4 is 10.3 Å². The number of para-hydroxylation sites is 2. The van der Waals surface area contributed by atoms with Gasteiger partial charge in [0.05, 0.1) is 18.0 Å². The largest absolute Gasteiger partial charge is 0.493 e. The standard InChI is InChI=1S/C23H18N4O5/c1-26-22(29)16-7-3-4-8-17(16)27-19(24-25-23(26)27)13-31-20(28)11-10-15-12-14-6-5-9-18(30-2)21(14)32-15/h3-12H,13H2,1-2H3. The second kappa shape index (κ2) is 7.69. The van der Waals surface area contributed by atoms with E-state index in [-0.39, 0.29) is 12.2 Å². The molecule has 0 aliphatic rings. The minimum atomic E-state index is -0.566. The second-order valence-electron chi connectivity index (χ2n) is 7.10. The van der Waals surface area contributed by atoms with Gasteiger partial charge in [0.2, 0.25) is 5.78 Å². The number of esters is 1. The van der Waals surface area contributed by atoms with Crippen molar-refractivity contribution < 1.29 is 18.7 Å². The Bertz CT molecular complexity index is 1570. The Kier molecular flexibility index (Phi) is 4.70. The van der Waals surface area contributed by atoms with E-state index >= 15 is 0 Å². The molecule has 0 saturated heterocycles. The van der Waals surface area contributed by atoms with Crippen LogP contribution in [0.5, 0.6) is 5.75 Å². The summed E-state index contributed by atoms with van der Waals surface area (Å²) in [5.74, 6) is 1.32. The lowest BCUT2D eigenvalue weighted by Gasteiger charge is -2.07. The highest BCUT2D eigenvalue weighted by molar-refractivity contribution is 5.89. The zero-order valence-electron chi connectivity index (χ0n) is 17.3. The molecule has 0 spiro atoms. The topological polar surface area (TPSA) is 101 Å². The Morgan fingerprint density at radius 3 is 2.84 bits per heavy atom. The van der Waals surface area contributed by atoms with Gasteiger partial charge in [-0.3, -0.25) is 13.8 Å². The molecule has 0 atom stereocenters. The first kappa shape index (κ1) is 19.6. The maximum absolute atomic E-state index is 12.5. The lowest BCUT2D eigenvalue weighted by molar-refractivity contribution is -0.139. The van der Waals surface area contributed by atoms with Crippen LogP contribution in [0.2, 0.25) is 0 Å². The van der Waals surface area contributed by atoms with Crippen LogP contribution in [-0.2, 0) is 23.2 Å². The highest BCUT2D eigenvalue weighted by atomic mass is 16.5. The number of furan rings is 1. The molecular formula is C23H18N4O5. The van der Waals surface area contributed by atoms with Crippen molar-refractivity contribution in [2.24, 2.45) is 7.05 Å². The zero-order chi connectivity index (χ0) is 22.2. The van der Waals surface area contributed by atoms with Crippen molar-refractivity contribution in [3.05, 3.63) is 76.5 Å². The van der Waals surface area contributed by atoms with Crippen LogP contribution in [-0.4, -0.2) is 32.2 Å². The van der Waals surface area contributed by atoms with E-state index in [2.05, 4.69) is 10.2 Å². The molecule has 5 rings (SSSR count). The van der Waals surface area contributed by atoms with E-state index in [4.69, 9.17) is 13.9 Å². The number of hydrogen-bond acceptors (Lipinski definition) is 7. The minimum Gasteiger partial charge on any atom is -0.493 e. The van der Waals surface area contributed by atoms with Crippen LogP contribution in [0.25, 0.3) is 33.7 Å². The summed E-state index contributed by atoms with van der Waals surface area (Å²) in [6, 6.07) is 14.5. The number of methoxy groups -OCH3 is 1. The van der Waals surface area contributed by atoms with Crippen LogP contribution >= 0.6 is 0 Å². The van der Waals surface area contributed by atoms with Crippen LogP contribution in [0.3, 0.4) is 0 Å². The molecule has 9 heteroatoms. The summed E-state index contributed by atoms with van der Waals surface area (Å²) in [4.78, 5) is 24.8. The first-order valence-corrected chi connectivity index (χ1v) is 9.80. The van der Waals surface area contributed by atoms with Crippen molar-refractivity contribution in [3.8, 4) is 5.75 Å². The molecule has 5 aromatic rings. The molecule has 0 fully saturated rings. The molecule has 0 aliphatic heterocycles. The van der Waals surface area contributed by atoms with Crippen molar-refractivity contribution in [3.63, 3.8) is 0 Å². The third-order valence-corrected chi connectivity index (χ3v) is 5.17. The van der Waals surface area contributed by atoms with Gasteiger partial charge in [0, 0.05) is 18.5 Å². The van der Waals surface area contributed by atoms with Gasteiger partial charge in [0.15, 0.2) is 23.8 Å². The molecule has 160 valence electrons. The van der Waals surface area contributed by atoms with Crippen molar-refractivity contribution in [1.82, 2.24) is 19.2 Å². The average molecular weight is 430 g/mol. The summed E-state index contributed by atoms with van der Waals surface area (Å²) < 4.78 is 19.5. The van der Waals surface area contributed by atoms with Crippen LogP contribution in [0.4, 0.5) is 0 Å². The molecule has 9 nitrogen and oxygen atoms in total. The maximum atomic E-state index is 12.5. The van der Waals surface area contributed by atoms with Crippen molar-refractivity contribution in [2.75, 3.05) is 7.11 Å². The maximum Gasteiger partial charge on any atom is 0.331 e. The third kappa shape index (κ3) is 3.20. The van der Waals surface area contributed by atoms with Gasteiger partial charge >= 0.3 is 5.97 Å². The Hall–Kier alpha value is -4.40. The van der Waals surface area contributed by atoms with E-state index in [0.29, 0.717) is 39.6 Å². The molecule has 0 bridgehead atoms. The fourth-order valence-corrected chi connectivity index (χ4v) is 3.62. The lowest BCUT2D eigenvalue weighted by Crippen LogP contribution is -2.20. The van der Waals surface area contributed by atoms with Crippen LogP contribution in [0.1, 0.15) is 11.6 Å². The molecule has 32 heavy (non-hydrogen) atoms. The normalized spacial score (nSPS) is 11.7. The fourth-order valence-electron chi connectivity index (χ4n) is 3.62. The van der Waals surface area contributed by atoms with E-state index < -0.39 is 5.97 Å². The molecule has 0 unspecified atom stereocenters. The average Bonchev–Trinajstić information content (AvgIpc) is 3.44. The summed E-state index contributed by atoms with van der Waals surface area (Å²) in [6.07, 6.45) is 2.81. The molecule has 0 N–H and O–H groups in total. The molecule has 0 saturated carbocycles. The summed E-state index contributed by atoms with van der Waals surface area (Å²) in [7, 11) is 3.19. The van der Waals surface area contributed by atoms with E-state index in [1.807, 2.05) is 18.2 Å². The highest BCUT2D eigenvalue weighted by Gasteiger charge is 2.15. The molecule has 0 aliphatic carbocycles. The number of hydrogen-bond donors (Lipinski definition) is 0. The van der Waals surface area contributed by atoms with Gasteiger partial charge in [-0.1, -0.05) is 24.3 Å². The second-order valence-corrected chi connectivity index (χ2v) is 7.10. The number of nitrogens with zero attached hydrogens (tertiary/aromatic N) is 4. The lowest BCUT2D eigenvalue weighted by atomic mass is 10.2. The van der Waals surface area contributed by atoms with E-state index in [1.54, 1.807) is 48.9 Å². The van der Waals surface area contributed by atoms with Gasteiger partial charge in [-0.25, -0.2) is 4.79 Å². The van der Waals surface area contributed by atoms with Crippen LogP contribution in [0, 0.1) is 0 Å². The number of benzene rings is 2. The van der Waals surface area contributed by atoms with Crippen molar-refractivity contribution in [1.29, 1.82) is 0 Å². The number of aryl methyl sites for hydroxylation is 1. The molecular weight excluding hydrogens is 412 g/mol. The van der Waals surface area contributed by atoms with Gasteiger partial charge in [-0.2, -0.15) is 0 Å². The first-order chi connectivity index (χ1) is 15.6. The zero-order valence-corrected chi connectivity index (χ0v) is 17.3. The smallest absolute Gasteiger partial charge is 0.331 e. The Morgan fingerprint density at radius 1 is 1.16 bits per heavy atom. The van der Waals surface area contributed by atoms with Gasteiger partial charge in [-0.05, 0) is 30.3 Å². The van der Waals surface area contributed by atoms with Gasteiger partial charge in [0.1, 0.15) is 5.76 Å². The number of carbonyl (C=O) groups is 1. The summed E-state index contributed by atoms with van der Waals surface area (Å²) >= 11 is 0. The monoisotopic (exact) mass is 430 g/mol. The predicted molar refractivity (Wildman–Crippen MR) is 117 cm³/mol. The first-order valence-electron chi connectivity index (χ1n) is 9.80. The molecule has 0 amide bonds. The fraction of sp³-hybridized carbons (Fsp3) is 0.130. The molecule has 0 radical (unpaired) electrons. The summed E-state index contributed by atoms with van der Waals surface area (Å²) in [5, 5.41) is 9.57. The minimum absolute atomic E-state index is 0.111. The summed E-state index contributed by atoms with van der Waals surface area (Å²) in [5.41, 5.74) is 1.08. The quantitative estimate of drug-likeness (QED) is 0.312. The van der Waals surface area contributed by atoms with Gasteiger partial charge in [-0.15, -0.1) is 10.2 Å². The van der Waals surface area contributed by atoms with Crippen molar-refractivity contribution >= 4 is 39.7 Å². The van der Waals surface area contributed by atoms with Crippen LogP contribution in [0.15, 0.2) is 63.8 Å². The van der Waals surface area contributed by atoms with E-state index in [9.17, 15) is 9.59 Å². The molecule has 2 aromatic carbocycles. The highest BCUT2D eigenvalue weighted by Crippen LogP contribution is 2.28. The SMILES string of the molecule is COc1cccc2cc(C=CC(=O)OCc3nnc4n(C)c(=O)c5ccccc5n34)oc12. The number of fused-ring (bicyclic) bond motifs is 4. The van der Waals surface area contributed by atoms with E-state index in [1.165, 1.54) is 16.7 Å². The van der Waals surface area contributed by atoms with Gasteiger partial charge < -0.3 is 13.9 Å².